The van der Waals surface area contributed by atoms with Gasteiger partial charge in [0.1, 0.15) is 5.75 Å². The number of nitrogens with one attached hydrogen (secondary N) is 1. The highest BCUT2D eigenvalue weighted by atomic mass is 16.5. The molecule has 3 aromatic carbocycles. The van der Waals surface area contributed by atoms with Crippen LogP contribution in [0.15, 0.2) is 78.9 Å². The lowest BCUT2D eigenvalue weighted by Gasteiger charge is -2.08. The van der Waals surface area contributed by atoms with Gasteiger partial charge >= 0.3 is 0 Å². The van der Waals surface area contributed by atoms with Crippen molar-refractivity contribution in [2.24, 2.45) is 0 Å². The molecule has 0 aliphatic carbocycles. The standard InChI is InChI=1S/C23H20N2O3/c1-28-19-6-4-5-18(15-19)22(26)14-11-16-9-12-17(13-10-16)23(27)25-21-8-3-2-7-20(21)24/h2-15H,24H2,1H3,(H,25,27). The van der Waals surface area contributed by atoms with E-state index in [0.717, 1.165) is 5.56 Å². The maximum atomic E-state index is 12.3. The minimum absolute atomic E-state index is 0.125. The third-order valence-electron chi connectivity index (χ3n) is 4.16. The number of nitrogens with two attached hydrogens (primary N) is 1. The predicted octanol–water partition coefficient (Wildman–Crippen LogP) is 4.43. The van der Waals surface area contributed by atoms with E-state index in [0.29, 0.717) is 28.3 Å². The molecular formula is C23H20N2O3. The van der Waals surface area contributed by atoms with Crippen molar-refractivity contribution in [3.8, 4) is 5.75 Å². The molecule has 0 aromatic heterocycles. The molecule has 0 fully saturated rings. The molecule has 0 saturated carbocycles. The molecule has 0 aliphatic heterocycles. The molecule has 0 aliphatic rings. The second-order valence-electron chi connectivity index (χ2n) is 6.09. The lowest BCUT2D eigenvalue weighted by Crippen LogP contribution is -2.12. The van der Waals surface area contributed by atoms with Crippen molar-refractivity contribution < 1.29 is 14.3 Å². The fourth-order valence-electron chi connectivity index (χ4n) is 2.60. The quantitative estimate of drug-likeness (QED) is 0.381. The highest BCUT2D eigenvalue weighted by molar-refractivity contribution is 6.07. The minimum Gasteiger partial charge on any atom is -0.497 e. The molecule has 3 rings (SSSR count). The van der Waals surface area contributed by atoms with Crippen molar-refractivity contribution >= 4 is 29.1 Å². The summed E-state index contributed by atoms with van der Waals surface area (Å²) in [5, 5.41) is 2.78. The number of carbonyl (C=O) groups excluding carboxylic acids is 2. The van der Waals surface area contributed by atoms with E-state index < -0.39 is 0 Å². The Morgan fingerprint density at radius 2 is 1.68 bits per heavy atom. The Morgan fingerprint density at radius 1 is 0.929 bits per heavy atom. The first-order chi connectivity index (χ1) is 13.6. The zero-order valence-corrected chi connectivity index (χ0v) is 15.4. The Bertz CT molecular complexity index is 1020. The van der Waals surface area contributed by atoms with Gasteiger partial charge in [0.2, 0.25) is 0 Å². The van der Waals surface area contributed by atoms with Gasteiger partial charge in [-0.05, 0) is 48.0 Å². The van der Waals surface area contributed by atoms with Crippen LogP contribution in [0.5, 0.6) is 5.75 Å². The van der Waals surface area contributed by atoms with E-state index in [1.54, 1.807) is 86.0 Å². The van der Waals surface area contributed by atoms with E-state index in [4.69, 9.17) is 10.5 Å². The summed E-state index contributed by atoms with van der Waals surface area (Å²) in [6.07, 6.45) is 3.20. The highest BCUT2D eigenvalue weighted by Crippen LogP contribution is 2.18. The molecule has 1 amide bonds. The third kappa shape index (κ3) is 4.65. The second kappa shape index (κ2) is 8.68. The molecule has 0 bridgehead atoms. The maximum Gasteiger partial charge on any atom is 0.255 e. The number of hydrogen-bond acceptors (Lipinski definition) is 4. The number of rotatable bonds is 6. The molecule has 3 aromatic rings. The Morgan fingerprint density at radius 3 is 2.39 bits per heavy atom. The van der Waals surface area contributed by atoms with E-state index in [9.17, 15) is 9.59 Å². The molecule has 0 atom stereocenters. The molecule has 5 heteroatoms. The summed E-state index contributed by atoms with van der Waals surface area (Å²) in [7, 11) is 1.56. The van der Waals surface area contributed by atoms with Gasteiger partial charge < -0.3 is 15.8 Å². The summed E-state index contributed by atoms with van der Waals surface area (Å²) in [6.45, 7) is 0. The summed E-state index contributed by atoms with van der Waals surface area (Å²) in [6, 6.07) is 21.0. The number of anilines is 2. The van der Waals surface area contributed by atoms with Crippen molar-refractivity contribution in [1.29, 1.82) is 0 Å². The molecule has 3 N–H and O–H groups in total. The van der Waals surface area contributed by atoms with E-state index in [1.807, 2.05) is 0 Å². The molecule has 0 unspecified atom stereocenters. The van der Waals surface area contributed by atoms with Crippen molar-refractivity contribution in [2.75, 3.05) is 18.2 Å². The van der Waals surface area contributed by atoms with E-state index in [2.05, 4.69) is 5.32 Å². The van der Waals surface area contributed by atoms with Crippen molar-refractivity contribution in [3.05, 3.63) is 95.6 Å². The second-order valence-corrected chi connectivity index (χ2v) is 6.09. The van der Waals surface area contributed by atoms with Gasteiger partial charge in [0.25, 0.3) is 5.91 Å². The summed E-state index contributed by atoms with van der Waals surface area (Å²) in [5.74, 6) is 0.259. The highest BCUT2D eigenvalue weighted by Gasteiger charge is 2.08. The van der Waals surface area contributed by atoms with Gasteiger partial charge in [-0.3, -0.25) is 9.59 Å². The largest absolute Gasteiger partial charge is 0.497 e. The van der Waals surface area contributed by atoms with Crippen LogP contribution in [0, 0.1) is 0 Å². The third-order valence-corrected chi connectivity index (χ3v) is 4.16. The number of hydrogen-bond donors (Lipinski definition) is 2. The van der Waals surface area contributed by atoms with Gasteiger partial charge in [0.05, 0.1) is 18.5 Å². The van der Waals surface area contributed by atoms with Gasteiger partial charge in [-0.15, -0.1) is 0 Å². The summed E-state index contributed by atoms with van der Waals surface area (Å²) >= 11 is 0. The normalized spacial score (nSPS) is 10.6. The molecule has 0 heterocycles. The Kier molecular flexibility index (Phi) is 5.87. The van der Waals surface area contributed by atoms with E-state index in [1.165, 1.54) is 6.08 Å². The summed E-state index contributed by atoms with van der Waals surface area (Å²) in [4.78, 5) is 24.6. The number of ketones is 1. The van der Waals surface area contributed by atoms with Crippen LogP contribution in [0.2, 0.25) is 0 Å². The van der Waals surface area contributed by atoms with Crippen LogP contribution >= 0.6 is 0 Å². The van der Waals surface area contributed by atoms with Crippen LogP contribution in [0.3, 0.4) is 0 Å². The van der Waals surface area contributed by atoms with Gasteiger partial charge in [-0.1, -0.05) is 42.5 Å². The number of nitrogen functional groups attached to an aromatic ring is 1. The van der Waals surface area contributed by atoms with Crippen LogP contribution < -0.4 is 15.8 Å². The molecular weight excluding hydrogens is 352 g/mol. The predicted molar refractivity (Wildman–Crippen MR) is 112 cm³/mol. The molecule has 0 radical (unpaired) electrons. The lowest BCUT2D eigenvalue weighted by molar-refractivity contribution is 0.102. The number of carbonyl (C=O) groups is 2. The number of allylic oxidation sites excluding steroid dienone is 1. The van der Waals surface area contributed by atoms with Crippen molar-refractivity contribution in [2.45, 2.75) is 0 Å². The maximum absolute atomic E-state index is 12.3. The number of amides is 1. The summed E-state index contributed by atoms with van der Waals surface area (Å²) < 4.78 is 5.13. The lowest BCUT2D eigenvalue weighted by atomic mass is 10.1. The molecule has 28 heavy (non-hydrogen) atoms. The van der Waals surface area contributed by atoms with Crippen LogP contribution in [0.4, 0.5) is 11.4 Å². The Labute approximate surface area is 163 Å². The molecule has 140 valence electrons. The van der Waals surface area contributed by atoms with E-state index in [-0.39, 0.29) is 11.7 Å². The van der Waals surface area contributed by atoms with Crippen LogP contribution in [0.1, 0.15) is 26.3 Å². The monoisotopic (exact) mass is 372 g/mol. The van der Waals surface area contributed by atoms with Gasteiger partial charge in [-0.25, -0.2) is 0 Å². The molecule has 0 spiro atoms. The molecule has 5 nitrogen and oxygen atoms in total. The average Bonchev–Trinajstić information content (AvgIpc) is 2.74. The van der Waals surface area contributed by atoms with Crippen molar-refractivity contribution in [3.63, 3.8) is 0 Å². The van der Waals surface area contributed by atoms with Crippen LogP contribution in [-0.2, 0) is 0 Å². The van der Waals surface area contributed by atoms with Crippen molar-refractivity contribution in [1.82, 2.24) is 0 Å². The van der Waals surface area contributed by atoms with Gasteiger partial charge in [0, 0.05) is 11.1 Å². The Hall–Kier alpha value is -3.86. The van der Waals surface area contributed by atoms with Crippen LogP contribution in [-0.4, -0.2) is 18.8 Å². The smallest absolute Gasteiger partial charge is 0.255 e. The summed E-state index contributed by atoms with van der Waals surface area (Å²) in [5.41, 5.74) is 8.78. The first-order valence-electron chi connectivity index (χ1n) is 8.69. The van der Waals surface area contributed by atoms with Gasteiger partial charge in [0.15, 0.2) is 5.78 Å². The SMILES string of the molecule is COc1cccc(C(=O)C=Cc2ccc(C(=O)Nc3ccccc3N)cc2)c1. The van der Waals surface area contributed by atoms with Crippen LogP contribution in [0.25, 0.3) is 6.08 Å². The molecule has 0 saturated heterocycles. The topological polar surface area (TPSA) is 81.4 Å². The fourth-order valence-corrected chi connectivity index (χ4v) is 2.60. The van der Waals surface area contributed by atoms with Gasteiger partial charge in [-0.2, -0.15) is 0 Å². The fraction of sp³-hybridized carbons (Fsp3) is 0.0435. The zero-order valence-electron chi connectivity index (χ0n) is 15.4. The number of benzene rings is 3. The number of methoxy groups -OCH3 is 1. The zero-order chi connectivity index (χ0) is 19.9. The Balaban J connectivity index is 1.66. The number of ether oxygens (including phenoxy) is 1. The number of para-hydroxylation sites is 2. The first-order valence-corrected chi connectivity index (χ1v) is 8.69. The first kappa shape index (κ1) is 18.9. The average molecular weight is 372 g/mol. The van der Waals surface area contributed by atoms with E-state index >= 15 is 0 Å². The minimum atomic E-state index is -0.249.